The van der Waals surface area contributed by atoms with Gasteiger partial charge in [0.25, 0.3) is 0 Å². The molecule has 3 aliphatic heterocycles. The van der Waals surface area contributed by atoms with E-state index in [4.69, 9.17) is 14.2 Å². The van der Waals surface area contributed by atoms with Gasteiger partial charge in [0.15, 0.2) is 0 Å². The molecule has 140 valence electrons. The third kappa shape index (κ3) is 4.10. The standard InChI is InChI=1S/C20H32N2O3/c1-15-19(24-3)8-6-17(20(15)25-4)13-21-11-16-5-7-18(14-21)22(12-16)9-10-23-2/h6,8,16,18H,5,7,9-14H2,1-4H3/t16-,18+/m1/s1. The Labute approximate surface area is 151 Å². The van der Waals surface area contributed by atoms with Crippen LogP contribution in [0.5, 0.6) is 11.5 Å². The molecule has 3 saturated heterocycles. The summed E-state index contributed by atoms with van der Waals surface area (Å²) >= 11 is 0. The van der Waals surface area contributed by atoms with Crippen molar-refractivity contribution in [3.05, 3.63) is 23.3 Å². The molecule has 0 N–H and O–H groups in total. The van der Waals surface area contributed by atoms with E-state index in [9.17, 15) is 0 Å². The van der Waals surface area contributed by atoms with E-state index < -0.39 is 0 Å². The summed E-state index contributed by atoms with van der Waals surface area (Å²) in [5.41, 5.74) is 2.34. The molecule has 1 aromatic rings. The van der Waals surface area contributed by atoms with E-state index in [1.54, 1.807) is 21.3 Å². The first-order chi connectivity index (χ1) is 12.2. The van der Waals surface area contributed by atoms with Gasteiger partial charge in [-0.05, 0) is 31.7 Å². The fraction of sp³-hybridized carbons (Fsp3) is 0.700. The first-order valence-electron chi connectivity index (χ1n) is 9.32. The average Bonchev–Trinajstić information content (AvgIpc) is 2.91. The molecule has 2 bridgehead atoms. The Morgan fingerprint density at radius 3 is 2.60 bits per heavy atom. The summed E-state index contributed by atoms with van der Waals surface area (Å²) in [6.07, 6.45) is 2.66. The van der Waals surface area contributed by atoms with Crippen molar-refractivity contribution >= 4 is 0 Å². The molecule has 1 aromatic carbocycles. The molecule has 0 unspecified atom stereocenters. The molecular formula is C20H32N2O3. The highest BCUT2D eigenvalue weighted by molar-refractivity contribution is 5.49. The van der Waals surface area contributed by atoms with Crippen molar-refractivity contribution in [1.29, 1.82) is 0 Å². The summed E-state index contributed by atoms with van der Waals surface area (Å²) in [5, 5.41) is 0. The predicted molar refractivity (Wildman–Crippen MR) is 99.5 cm³/mol. The topological polar surface area (TPSA) is 34.2 Å². The van der Waals surface area contributed by atoms with Crippen LogP contribution in [-0.4, -0.2) is 70.0 Å². The maximum Gasteiger partial charge on any atom is 0.129 e. The van der Waals surface area contributed by atoms with Gasteiger partial charge >= 0.3 is 0 Å². The monoisotopic (exact) mass is 348 g/mol. The third-order valence-corrected chi connectivity index (χ3v) is 5.74. The van der Waals surface area contributed by atoms with E-state index >= 15 is 0 Å². The van der Waals surface area contributed by atoms with Crippen molar-refractivity contribution in [3.63, 3.8) is 0 Å². The Bertz CT molecular complexity index is 578. The van der Waals surface area contributed by atoms with Crippen LogP contribution < -0.4 is 9.47 Å². The fourth-order valence-electron chi connectivity index (χ4n) is 4.49. The molecule has 0 radical (unpaired) electrons. The second-order valence-corrected chi connectivity index (χ2v) is 7.36. The van der Waals surface area contributed by atoms with Crippen molar-refractivity contribution in [2.45, 2.75) is 32.4 Å². The zero-order valence-electron chi connectivity index (χ0n) is 16.1. The molecule has 0 saturated carbocycles. The summed E-state index contributed by atoms with van der Waals surface area (Å²) in [7, 11) is 5.26. The zero-order chi connectivity index (χ0) is 17.8. The highest BCUT2D eigenvalue weighted by atomic mass is 16.5. The van der Waals surface area contributed by atoms with Crippen LogP contribution >= 0.6 is 0 Å². The molecule has 3 aliphatic rings. The van der Waals surface area contributed by atoms with Crippen LogP contribution in [0.15, 0.2) is 12.1 Å². The van der Waals surface area contributed by atoms with Crippen LogP contribution in [0.4, 0.5) is 0 Å². The largest absolute Gasteiger partial charge is 0.496 e. The number of hydrogen-bond donors (Lipinski definition) is 0. The SMILES string of the molecule is COCCN1C[C@@H]2CC[C@H]1CN(Cc1ccc(OC)c(C)c1OC)C2. The number of benzene rings is 1. The lowest BCUT2D eigenvalue weighted by Crippen LogP contribution is -2.45. The summed E-state index contributed by atoms with van der Waals surface area (Å²) < 4.78 is 16.4. The van der Waals surface area contributed by atoms with Crippen LogP contribution in [0.2, 0.25) is 0 Å². The van der Waals surface area contributed by atoms with E-state index in [0.717, 1.165) is 49.2 Å². The quantitative estimate of drug-likeness (QED) is 0.756. The first kappa shape index (κ1) is 18.5. The van der Waals surface area contributed by atoms with E-state index in [1.165, 1.54) is 31.5 Å². The average molecular weight is 348 g/mol. The minimum absolute atomic E-state index is 0.652. The van der Waals surface area contributed by atoms with Gasteiger partial charge in [0, 0.05) is 57.0 Å². The lowest BCUT2D eigenvalue weighted by Gasteiger charge is -2.35. The van der Waals surface area contributed by atoms with Gasteiger partial charge in [-0.2, -0.15) is 0 Å². The van der Waals surface area contributed by atoms with Crippen molar-refractivity contribution < 1.29 is 14.2 Å². The zero-order valence-corrected chi connectivity index (χ0v) is 16.1. The highest BCUT2D eigenvalue weighted by Crippen LogP contribution is 2.34. The normalized spacial score (nSPS) is 24.3. The van der Waals surface area contributed by atoms with Gasteiger partial charge in [-0.15, -0.1) is 0 Å². The van der Waals surface area contributed by atoms with Crippen LogP contribution in [0.3, 0.4) is 0 Å². The van der Waals surface area contributed by atoms with Crippen molar-refractivity contribution in [1.82, 2.24) is 9.80 Å². The van der Waals surface area contributed by atoms with Gasteiger partial charge in [0.05, 0.1) is 20.8 Å². The fourth-order valence-corrected chi connectivity index (χ4v) is 4.49. The molecule has 0 aliphatic carbocycles. The molecule has 3 heterocycles. The number of ether oxygens (including phenoxy) is 3. The maximum absolute atomic E-state index is 5.70. The minimum atomic E-state index is 0.652. The van der Waals surface area contributed by atoms with Crippen LogP contribution in [0.25, 0.3) is 0 Å². The predicted octanol–water partition coefficient (Wildman–Crippen LogP) is 2.55. The maximum atomic E-state index is 5.70. The minimum Gasteiger partial charge on any atom is -0.496 e. The molecule has 5 heteroatoms. The van der Waals surface area contributed by atoms with Crippen LogP contribution in [0, 0.1) is 12.8 Å². The molecule has 5 nitrogen and oxygen atoms in total. The molecule has 0 spiro atoms. The van der Waals surface area contributed by atoms with Crippen molar-refractivity contribution in [2.24, 2.45) is 5.92 Å². The Morgan fingerprint density at radius 1 is 1.04 bits per heavy atom. The molecular weight excluding hydrogens is 316 g/mol. The summed E-state index contributed by atoms with van der Waals surface area (Å²) in [5.74, 6) is 2.62. The Kier molecular flexibility index (Phi) is 6.20. The number of rotatable bonds is 7. The summed E-state index contributed by atoms with van der Waals surface area (Å²) in [6, 6.07) is 4.87. The molecule has 2 atom stereocenters. The number of hydrogen-bond acceptors (Lipinski definition) is 5. The number of piperidine rings is 1. The van der Waals surface area contributed by atoms with Gasteiger partial charge in [0.1, 0.15) is 11.5 Å². The molecule has 4 rings (SSSR count). The molecule has 3 fully saturated rings. The summed E-state index contributed by atoms with van der Waals surface area (Å²) in [4.78, 5) is 5.24. The molecule has 25 heavy (non-hydrogen) atoms. The van der Waals surface area contributed by atoms with Crippen molar-refractivity contribution in [3.8, 4) is 11.5 Å². The van der Waals surface area contributed by atoms with Gasteiger partial charge in [-0.3, -0.25) is 9.80 Å². The lowest BCUT2D eigenvalue weighted by atomic mass is 9.95. The van der Waals surface area contributed by atoms with Gasteiger partial charge in [0.2, 0.25) is 0 Å². The highest BCUT2D eigenvalue weighted by Gasteiger charge is 2.34. The number of methoxy groups -OCH3 is 3. The molecule has 0 amide bonds. The number of fused-ring (bicyclic) bond motifs is 4. The third-order valence-electron chi connectivity index (χ3n) is 5.74. The van der Waals surface area contributed by atoms with E-state index in [2.05, 4.69) is 28.9 Å². The Morgan fingerprint density at radius 2 is 1.88 bits per heavy atom. The van der Waals surface area contributed by atoms with E-state index in [1.807, 2.05) is 0 Å². The first-order valence-corrected chi connectivity index (χ1v) is 9.32. The van der Waals surface area contributed by atoms with E-state index in [-0.39, 0.29) is 0 Å². The smallest absolute Gasteiger partial charge is 0.129 e. The second-order valence-electron chi connectivity index (χ2n) is 7.36. The van der Waals surface area contributed by atoms with E-state index in [0.29, 0.717) is 6.04 Å². The number of nitrogens with zero attached hydrogens (tertiary/aromatic N) is 2. The van der Waals surface area contributed by atoms with Gasteiger partial charge in [-0.1, -0.05) is 6.07 Å². The Hall–Kier alpha value is -1.30. The summed E-state index contributed by atoms with van der Waals surface area (Å²) in [6.45, 7) is 8.41. The molecule has 0 aromatic heterocycles. The van der Waals surface area contributed by atoms with Crippen LogP contribution in [0.1, 0.15) is 24.0 Å². The lowest BCUT2D eigenvalue weighted by molar-refractivity contribution is 0.0867. The second kappa shape index (κ2) is 8.39. The Balaban J connectivity index is 1.73. The van der Waals surface area contributed by atoms with Gasteiger partial charge in [-0.25, -0.2) is 0 Å². The van der Waals surface area contributed by atoms with Crippen molar-refractivity contribution in [2.75, 3.05) is 54.1 Å². The van der Waals surface area contributed by atoms with Gasteiger partial charge < -0.3 is 14.2 Å². The van der Waals surface area contributed by atoms with Crippen LogP contribution in [-0.2, 0) is 11.3 Å².